The fourth-order valence-corrected chi connectivity index (χ4v) is 2.67. The zero-order valence-corrected chi connectivity index (χ0v) is 13.5. The van der Waals surface area contributed by atoms with Gasteiger partial charge in [-0.3, -0.25) is 4.79 Å². The van der Waals surface area contributed by atoms with Crippen molar-refractivity contribution in [2.45, 2.75) is 13.5 Å². The lowest BCUT2D eigenvalue weighted by Crippen LogP contribution is -2.48. The highest BCUT2D eigenvalue weighted by Crippen LogP contribution is 2.30. The lowest BCUT2D eigenvalue weighted by molar-refractivity contribution is -0.129. The fraction of sp³-hybridized carbons (Fsp3) is 0.471. The highest BCUT2D eigenvalue weighted by Gasteiger charge is 2.21. The Labute approximate surface area is 132 Å². The lowest BCUT2D eigenvalue weighted by Gasteiger charge is -2.36. The van der Waals surface area contributed by atoms with Crippen LogP contribution in [-0.2, 0) is 11.3 Å². The Morgan fingerprint density at radius 3 is 2.68 bits per heavy atom. The van der Waals surface area contributed by atoms with Gasteiger partial charge in [0, 0.05) is 46.2 Å². The van der Waals surface area contributed by atoms with E-state index in [1.165, 1.54) is 5.56 Å². The molecule has 1 fully saturated rings. The molecule has 5 heteroatoms. The highest BCUT2D eigenvalue weighted by atomic mass is 16.5. The van der Waals surface area contributed by atoms with Crippen LogP contribution in [0.4, 0.5) is 5.69 Å². The summed E-state index contributed by atoms with van der Waals surface area (Å²) in [4.78, 5) is 15.6. The highest BCUT2D eigenvalue weighted by molar-refractivity contribution is 5.73. The van der Waals surface area contributed by atoms with Gasteiger partial charge in [-0.05, 0) is 17.7 Å². The molecule has 22 heavy (non-hydrogen) atoms. The van der Waals surface area contributed by atoms with Crippen molar-refractivity contribution in [1.29, 1.82) is 0 Å². The lowest BCUT2D eigenvalue weighted by atomic mass is 10.1. The molecule has 1 N–H and O–H groups in total. The number of methoxy groups -OCH3 is 1. The van der Waals surface area contributed by atoms with Crippen molar-refractivity contribution >= 4 is 11.6 Å². The van der Waals surface area contributed by atoms with Crippen LogP contribution < -0.4 is 15.0 Å². The first kappa shape index (κ1) is 16.4. The zero-order valence-electron chi connectivity index (χ0n) is 13.5. The van der Waals surface area contributed by atoms with Gasteiger partial charge in [0.05, 0.1) is 12.8 Å². The molecule has 1 saturated heterocycles. The minimum absolute atomic E-state index is 0.148. The Morgan fingerprint density at radius 1 is 1.36 bits per heavy atom. The number of nitrogens with zero attached hydrogens (tertiary/aromatic N) is 2. The number of hydrogen-bond donors (Lipinski definition) is 1. The Balaban J connectivity index is 2.04. The summed E-state index contributed by atoms with van der Waals surface area (Å²) < 4.78 is 5.55. The molecule has 2 rings (SSSR count). The molecule has 1 aromatic carbocycles. The van der Waals surface area contributed by atoms with Crippen molar-refractivity contribution in [3.63, 3.8) is 0 Å². The molecule has 0 radical (unpaired) electrons. The van der Waals surface area contributed by atoms with Crippen molar-refractivity contribution in [3.05, 3.63) is 36.4 Å². The molecule has 5 nitrogen and oxygen atoms in total. The third-order valence-electron chi connectivity index (χ3n) is 3.93. The van der Waals surface area contributed by atoms with E-state index < -0.39 is 0 Å². The minimum Gasteiger partial charge on any atom is -0.495 e. The number of carbonyl (C=O) groups is 1. The van der Waals surface area contributed by atoms with E-state index in [9.17, 15) is 4.79 Å². The Bertz CT molecular complexity index is 523. The summed E-state index contributed by atoms with van der Waals surface area (Å²) in [6.07, 6.45) is 1.85. The van der Waals surface area contributed by atoms with Gasteiger partial charge in [0.25, 0.3) is 0 Å². The van der Waals surface area contributed by atoms with Crippen LogP contribution in [0.15, 0.2) is 30.9 Å². The van der Waals surface area contributed by atoms with Gasteiger partial charge in [0.1, 0.15) is 5.75 Å². The zero-order chi connectivity index (χ0) is 15.9. The third kappa shape index (κ3) is 4.01. The van der Waals surface area contributed by atoms with E-state index in [1.54, 1.807) is 14.0 Å². The van der Waals surface area contributed by atoms with E-state index in [-0.39, 0.29) is 5.91 Å². The van der Waals surface area contributed by atoms with E-state index in [0.29, 0.717) is 0 Å². The second-order valence-corrected chi connectivity index (χ2v) is 5.42. The number of anilines is 1. The van der Waals surface area contributed by atoms with E-state index >= 15 is 0 Å². The number of amides is 1. The largest absolute Gasteiger partial charge is 0.495 e. The number of hydrogen-bond acceptors (Lipinski definition) is 4. The first-order chi connectivity index (χ1) is 10.7. The van der Waals surface area contributed by atoms with Gasteiger partial charge in [-0.15, -0.1) is 6.58 Å². The van der Waals surface area contributed by atoms with Gasteiger partial charge >= 0.3 is 0 Å². The number of carbonyl (C=O) groups excluding carboxylic acids is 1. The second kappa shape index (κ2) is 7.84. The number of nitrogens with one attached hydrogen (secondary N) is 1. The average molecular weight is 303 g/mol. The van der Waals surface area contributed by atoms with E-state index in [0.717, 1.165) is 50.7 Å². The van der Waals surface area contributed by atoms with Gasteiger partial charge in [0.2, 0.25) is 5.91 Å². The molecule has 1 aliphatic rings. The SMILES string of the molecule is C=CCNCc1ccc(N2CCN(C(C)=O)CC2)c(OC)c1. The van der Waals surface area contributed by atoms with Crippen molar-refractivity contribution in [2.24, 2.45) is 0 Å². The predicted octanol–water partition coefficient (Wildman–Crippen LogP) is 1.64. The quantitative estimate of drug-likeness (QED) is 0.641. The van der Waals surface area contributed by atoms with Gasteiger partial charge in [0.15, 0.2) is 0 Å². The van der Waals surface area contributed by atoms with Gasteiger partial charge in [-0.2, -0.15) is 0 Å². The molecule has 120 valence electrons. The van der Waals surface area contributed by atoms with E-state index in [4.69, 9.17) is 4.74 Å². The van der Waals surface area contributed by atoms with Gasteiger partial charge in [-0.25, -0.2) is 0 Å². The number of ether oxygens (including phenoxy) is 1. The summed E-state index contributed by atoms with van der Waals surface area (Å²) >= 11 is 0. The summed E-state index contributed by atoms with van der Waals surface area (Å²) in [6, 6.07) is 6.29. The number of piperazine rings is 1. The summed E-state index contributed by atoms with van der Waals surface area (Å²) in [5.74, 6) is 1.03. The van der Waals surface area contributed by atoms with Crippen molar-refractivity contribution in [1.82, 2.24) is 10.2 Å². The van der Waals surface area contributed by atoms with Crippen molar-refractivity contribution in [2.75, 3.05) is 44.7 Å². The fourth-order valence-electron chi connectivity index (χ4n) is 2.67. The Kier molecular flexibility index (Phi) is 5.83. The van der Waals surface area contributed by atoms with E-state index in [1.807, 2.05) is 11.0 Å². The first-order valence-corrected chi connectivity index (χ1v) is 7.64. The minimum atomic E-state index is 0.148. The first-order valence-electron chi connectivity index (χ1n) is 7.64. The third-order valence-corrected chi connectivity index (χ3v) is 3.93. The normalized spacial score (nSPS) is 14.8. The maximum Gasteiger partial charge on any atom is 0.219 e. The summed E-state index contributed by atoms with van der Waals surface area (Å²) in [7, 11) is 1.70. The topological polar surface area (TPSA) is 44.8 Å². The average Bonchev–Trinajstić information content (AvgIpc) is 2.55. The van der Waals surface area contributed by atoms with Crippen molar-refractivity contribution < 1.29 is 9.53 Å². The van der Waals surface area contributed by atoms with Gasteiger partial charge < -0.3 is 19.9 Å². The molecule has 0 aliphatic carbocycles. The monoisotopic (exact) mass is 303 g/mol. The van der Waals surface area contributed by atoms with Crippen LogP contribution in [0.5, 0.6) is 5.75 Å². The van der Waals surface area contributed by atoms with Crippen LogP contribution in [-0.4, -0.2) is 50.6 Å². The molecule has 1 aromatic rings. The molecule has 0 atom stereocenters. The van der Waals surface area contributed by atoms with Crippen molar-refractivity contribution in [3.8, 4) is 5.75 Å². The summed E-state index contributed by atoms with van der Waals surface area (Å²) in [5, 5.41) is 3.29. The summed E-state index contributed by atoms with van der Waals surface area (Å²) in [5.41, 5.74) is 2.28. The maximum absolute atomic E-state index is 11.4. The summed E-state index contributed by atoms with van der Waals surface area (Å²) in [6.45, 7) is 10.1. The van der Waals surface area contributed by atoms with Crippen LogP contribution in [0.2, 0.25) is 0 Å². The molecule has 0 unspecified atom stereocenters. The number of benzene rings is 1. The predicted molar refractivity (Wildman–Crippen MR) is 89.4 cm³/mol. The van der Waals surface area contributed by atoms with E-state index in [2.05, 4.69) is 35.0 Å². The van der Waals surface area contributed by atoms with Crippen LogP contribution in [0, 0.1) is 0 Å². The molecule has 1 amide bonds. The standard InChI is InChI=1S/C17H25N3O2/c1-4-7-18-13-15-5-6-16(17(12-15)22-3)20-10-8-19(9-11-20)14(2)21/h4-6,12,18H,1,7-11,13H2,2-3H3. The molecular formula is C17H25N3O2. The molecular weight excluding hydrogens is 278 g/mol. The van der Waals surface area contributed by atoms with Gasteiger partial charge in [-0.1, -0.05) is 12.1 Å². The molecule has 0 bridgehead atoms. The Morgan fingerprint density at radius 2 is 2.09 bits per heavy atom. The molecule has 0 aromatic heterocycles. The van der Waals surface area contributed by atoms with Crippen LogP contribution in [0.1, 0.15) is 12.5 Å². The van der Waals surface area contributed by atoms with Crippen LogP contribution in [0.3, 0.4) is 0 Å². The second-order valence-electron chi connectivity index (χ2n) is 5.42. The number of rotatable bonds is 6. The molecule has 0 saturated carbocycles. The Hall–Kier alpha value is -2.01. The maximum atomic E-state index is 11.4. The van der Waals surface area contributed by atoms with Crippen LogP contribution >= 0.6 is 0 Å². The smallest absolute Gasteiger partial charge is 0.219 e. The van der Waals surface area contributed by atoms with Crippen LogP contribution in [0.25, 0.3) is 0 Å². The molecule has 0 spiro atoms. The molecule has 1 aliphatic heterocycles. The molecule has 1 heterocycles.